The summed E-state index contributed by atoms with van der Waals surface area (Å²) in [6.45, 7) is 4.39. The Morgan fingerprint density at radius 3 is 2.04 bits per heavy atom. The number of hydrogen-bond acceptors (Lipinski definition) is 2. The van der Waals surface area contributed by atoms with E-state index in [4.69, 9.17) is 9.98 Å². The molecule has 0 N–H and O–H groups in total. The Morgan fingerprint density at radius 2 is 1.32 bits per heavy atom. The second-order valence-electron chi connectivity index (χ2n) is 12.3. The van der Waals surface area contributed by atoms with Crippen LogP contribution < -0.4 is 0 Å². The number of hydrogen-bond donors (Lipinski definition) is 0. The summed E-state index contributed by atoms with van der Waals surface area (Å²) >= 11 is 0. The standard InChI is InChI=1S/C43H38N4/c1-44-42(39-18-12-16-33-13-6-7-17-38(33)39)47-41(35-14-4-2-5-15-35)46-31-32-20-24-36(25-21-32)43(28-9-3-10-29-43)37-26-22-34(23-27-37)40-19-8-11-30-45-40/h2,4-8,11-27,30H,1,3,9-10,28-29,31H2. The van der Waals surface area contributed by atoms with Crippen molar-refractivity contribution in [1.29, 1.82) is 0 Å². The Hall–Kier alpha value is -5.48. The third-order valence-electron chi connectivity index (χ3n) is 9.45. The van der Waals surface area contributed by atoms with Gasteiger partial charge in [0, 0.05) is 28.3 Å². The molecule has 1 aliphatic rings. The van der Waals surface area contributed by atoms with Gasteiger partial charge < -0.3 is 0 Å². The summed E-state index contributed by atoms with van der Waals surface area (Å²) in [5.74, 6) is 1.20. The zero-order valence-electron chi connectivity index (χ0n) is 26.6. The molecular weight excluding hydrogens is 573 g/mol. The summed E-state index contributed by atoms with van der Waals surface area (Å²) in [4.78, 5) is 19.0. The Kier molecular flexibility index (Phi) is 8.92. The van der Waals surface area contributed by atoms with E-state index in [1.165, 1.54) is 30.4 Å². The Bertz CT molecular complexity index is 2020. The summed E-state index contributed by atoms with van der Waals surface area (Å²) in [5.41, 5.74) is 7.98. The zero-order chi connectivity index (χ0) is 31.9. The first-order chi connectivity index (χ1) is 23.2. The van der Waals surface area contributed by atoms with Gasteiger partial charge in [-0.1, -0.05) is 147 Å². The van der Waals surface area contributed by atoms with Gasteiger partial charge in [-0.25, -0.2) is 9.98 Å². The van der Waals surface area contributed by atoms with Crippen LogP contribution in [0.1, 0.15) is 59.9 Å². The first-order valence-electron chi connectivity index (χ1n) is 16.5. The maximum atomic E-state index is 5.05. The number of pyridine rings is 1. The van der Waals surface area contributed by atoms with Crippen LogP contribution in [0.5, 0.6) is 0 Å². The smallest absolute Gasteiger partial charge is 0.161 e. The predicted molar refractivity (Wildman–Crippen MR) is 197 cm³/mol. The summed E-state index contributed by atoms with van der Waals surface area (Å²) < 4.78 is 0. The van der Waals surface area contributed by atoms with Crippen molar-refractivity contribution in [1.82, 2.24) is 4.98 Å². The van der Waals surface area contributed by atoms with Gasteiger partial charge in [0.25, 0.3) is 0 Å². The van der Waals surface area contributed by atoms with E-state index in [0.29, 0.717) is 18.2 Å². The van der Waals surface area contributed by atoms with Crippen LogP contribution in [0.15, 0.2) is 161 Å². The molecule has 1 fully saturated rings. The van der Waals surface area contributed by atoms with E-state index in [1.807, 2.05) is 72.9 Å². The van der Waals surface area contributed by atoms with Gasteiger partial charge in [-0.05, 0) is 59.2 Å². The molecule has 7 rings (SSSR count). The van der Waals surface area contributed by atoms with Gasteiger partial charge in [0.1, 0.15) is 0 Å². The highest BCUT2D eigenvalue weighted by Crippen LogP contribution is 2.45. The number of rotatable bonds is 7. The maximum absolute atomic E-state index is 5.05. The Balaban J connectivity index is 1.19. The van der Waals surface area contributed by atoms with E-state index in [1.54, 1.807) is 0 Å². The van der Waals surface area contributed by atoms with Gasteiger partial charge in [-0.3, -0.25) is 9.98 Å². The van der Waals surface area contributed by atoms with E-state index in [0.717, 1.165) is 51.6 Å². The highest BCUT2D eigenvalue weighted by atomic mass is 15.0. The molecule has 1 aromatic heterocycles. The second-order valence-corrected chi connectivity index (χ2v) is 12.3. The minimum atomic E-state index is 0.0190. The highest BCUT2D eigenvalue weighted by Gasteiger charge is 2.35. The third-order valence-corrected chi connectivity index (χ3v) is 9.45. The largest absolute Gasteiger partial charge is 0.261 e. The zero-order valence-corrected chi connectivity index (χ0v) is 26.6. The van der Waals surface area contributed by atoms with E-state index in [-0.39, 0.29) is 5.41 Å². The Labute approximate surface area is 277 Å². The molecule has 1 heterocycles. The molecule has 0 spiro atoms. The number of aliphatic imine (C=N–C) groups is 3. The lowest BCUT2D eigenvalue weighted by molar-refractivity contribution is 0.346. The molecule has 0 bridgehead atoms. The fourth-order valence-corrected chi connectivity index (χ4v) is 6.97. The van der Waals surface area contributed by atoms with Gasteiger partial charge in [0.2, 0.25) is 0 Å². The van der Waals surface area contributed by atoms with E-state index >= 15 is 0 Å². The lowest BCUT2D eigenvalue weighted by Gasteiger charge is -2.39. The molecule has 0 saturated heterocycles. The molecule has 0 radical (unpaired) electrons. The normalized spacial score (nSPS) is 15.0. The lowest BCUT2D eigenvalue weighted by Crippen LogP contribution is -2.30. The first-order valence-corrected chi connectivity index (χ1v) is 16.5. The number of fused-ring (bicyclic) bond motifs is 1. The molecule has 6 aromatic rings. The molecule has 0 amide bonds. The molecule has 0 atom stereocenters. The highest BCUT2D eigenvalue weighted by molar-refractivity contribution is 6.17. The minimum Gasteiger partial charge on any atom is -0.261 e. The van der Waals surface area contributed by atoms with Gasteiger partial charge >= 0.3 is 0 Å². The van der Waals surface area contributed by atoms with Crippen LogP contribution in [-0.4, -0.2) is 23.4 Å². The number of benzene rings is 5. The maximum Gasteiger partial charge on any atom is 0.161 e. The van der Waals surface area contributed by atoms with Crippen molar-refractivity contribution in [2.75, 3.05) is 0 Å². The van der Waals surface area contributed by atoms with Crippen LogP contribution in [-0.2, 0) is 12.0 Å². The van der Waals surface area contributed by atoms with Gasteiger partial charge in [0.05, 0.1) is 12.2 Å². The van der Waals surface area contributed by atoms with E-state index < -0.39 is 0 Å². The fraction of sp³-hybridized carbons (Fsp3) is 0.163. The molecular formula is C43H38N4. The van der Waals surface area contributed by atoms with Crippen molar-refractivity contribution < 1.29 is 0 Å². The summed E-state index contributed by atoms with van der Waals surface area (Å²) in [5, 5.41) is 2.23. The van der Waals surface area contributed by atoms with E-state index in [9.17, 15) is 0 Å². The monoisotopic (exact) mass is 610 g/mol. The van der Waals surface area contributed by atoms with Crippen LogP contribution in [0.25, 0.3) is 22.0 Å². The van der Waals surface area contributed by atoms with Crippen molar-refractivity contribution in [3.8, 4) is 11.3 Å². The lowest BCUT2D eigenvalue weighted by atomic mass is 9.65. The molecule has 5 aromatic carbocycles. The number of aromatic nitrogens is 1. The number of nitrogens with zero attached hydrogens (tertiary/aromatic N) is 4. The van der Waals surface area contributed by atoms with Crippen LogP contribution >= 0.6 is 0 Å². The summed E-state index contributed by atoms with van der Waals surface area (Å²) in [7, 11) is 0. The summed E-state index contributed by atoms with van der Waals surface area (Å²) in [6.07, 6.45) is 7.94. The van der Waals surface area contributed by atoms with Crippen molar-refractivity contribution in [3.63, 3.8) is 0 Å². The molecule has 1 saturated carbocycles. The van der Waals surface area contributed by atoms with Crippen molar-refractivity contribution in [2.24, 2.45) is 15.0 Å². The van der Waals surface area contributed by atoms with Gasteiger partial charge in [-0.2, -0.15) is 0 Å². The van der Waals surface area contributed by atoms with Crippen LogP contribution in [0, 0.1) is 0 Å². The third kappa shape index (κ3) is 6.45. The van der Waals surface area contributed by atoms with Crippen molar-refractivity contribution in [2.45, 2.75) is 44.1 Å². The minimum absolute atomic E-state index is 0.0190. The quantitative estimate of drug-likeness (QED) is 0.131. The number of amidine groups is 2. The molecule has 4 heteroatoms. The molecule has 0 unspecified atom stereocenters. The van der Waals surface area contributed by atoms with Gasteiger partial charge in [-0.15, -0.1) is 0 Å². The first kappa shape index (κ1) is 30.2. The predicted octanol–water partition coefficient (Wildman–Crippen LogP) is 10.2. The molecule has 47 heavy (non-hydrogen) atoms. The van der Waals surface area contributed by atoms with Crippen molar-refractivity contribution in [3.05, 3.63) is 174 Å². The van der Waals surface area contributed by atoms with Gasteiger partial charge in [0.15, 0.2) is 11.7 Å². The van der Waals surface area contributed by atoms with Crippen LogP contribution in [0.2, 0.25) is 0 Å². The van der Waals surface area contributed by atoms with Crippen LogP contribution in [0.3, 0.4) is 0 Å². The second kappa shape index (κ2) is 13.9. The SMILES string of the molecule is C=NC(=NC(=NCc1ccc(C2(c3ccc(-c4ccccn4)cc3)CCCCC2)cc1)c1ccccc1)c1cccc2ccccc12. The molecule has 0 aliphatic heterocycles. The summed E-state index contributed by atoms with van der Waals surface area (Å²) in [6, 6.07) is 48.9. The average molecular weight is 611 g/mol. The Morgan fingerprint density at radius 1 is 0.638 bits per heavy atom. The van der Waals surface area contributed by atoms with Crippen molar-refractivity contribution >= 4 is 29.2 Å². The topological polar surface area (TPSA) is 50.0 Å². The van der Waals surface area contributed by atoms with E-state index in [2.05, 4.69) is 89.5 Å². The average Bonchev–Trinajstić information content (AvgIpc) is 3.16. The molecule has 230 valence electrons. The molecule has 1 aliphatic carbocycles. The fourth-order valence-electron chi connectivity index (χ4n) is 6.97. The van der Waals surface area contributed by atoms with Crippen LogP contribution in [0.4, 0.5) is 0 Å². The molecule has 4 nitrogen and oxygen atoms in total.